The Hall–Kier alpha value is 0.974. The molecule has 0 aromatic rings. The van der Waals surface area contributed by atoms with Gasteiger partial charge in [0.15, 0.2) is 7.83 Å². The van der Waals surface area contributed by atoms with Gasteiger partial charge in [0.05, 0.1) is 8.31 Å². The summed E-state index contributed by atoms with van der Waals surface area (Å²) in [6, 6.07) is 0. The monoisotopic (exact) mass is 405 g/mol. The fourth-order valence-electron chi connectivity index (χ4n) is 1.09. The van der Waals surface area contributed by atoms with Crippen LogP contribution in [0, 0.1) is 6.65 Å². The normalized spacial score (nSPS) is 13.2. The Morgan fingerprint density at radius 3 is 1.21 bits per heavy atom. The third-order valence-electron chi connectivity index (χ3n) is 2.96. The second-order valence-electron chi connectivity index (χ2n) is 5.34. The zero-order valence-corrected chi connectivity index (χ0v) is 18.4. The molecule has 0 aromatic carbocycles. The molecule has 1 rings (SSSR count). The van der Waals surface area contributed by atoms with E-state index in [1.807, 2.05) is 7.11 Å². The van der Waals surface area contributed by atoms with Crippen LogP contribution in [0.1, 0.15) is 32.1 Å². The van der Waals surface area contributed by atoms with Gasteiger partial charge in [-0.15, -0.1) is 0 Å². The average molecular weight is 405 g/mol. The summed E-state index contributed by atoms with van der Waals surface area (Å²) in [5.41, 5.74) is 0. The van der Waals surface area contributed by atoms with E-state index < -0.39 is 7.83 Å². The molecular weight excluding hydrogens is 373 g/mol. The Morgan fingerprint density at radius 2 is 1.16 bits per heavy atom. The van der Waals surface area contributed by atoms with Crippen LogP contribution in [0.4, 0.5) is 0 Å². The summed E-state index contributed by atoms with van der Waals surface area (Å²) in [7, 11) is 0.539. The van der Waals surface area contributed by atoms with E-state index in [1.54, 1.807) is 0 Å². The van der Waals surface area contributed by atoms with Crippen molar-refractivity contribution >= 4 is 22.7 Å². The predicted molar refractivity (Wildman–Crippen MR) is 86.5 cm³/mol. The zero-order valence-electron chi connectivity index (χ0n) is 13.7. The van der Waals surface area contributed by atoms with Crippen LogP contribution >= 0.6 is 0 Å². The molecule has 1 aliphatic rings. The van der Waals surface area contributed by atoms with E-state index in [-0.39, 0.29) is 14.9 Å². The van der Waals surface area contributed by atoms with Crippen LogP contribution in [-0.4, -0.2) is 29.8 Å². The molecule has 0 heterocycles. The number of hydrogen-bond donors (Lipinski definition) is 0. The second-order valence-corrected chi connectivity index (χ2v) is 24.3. The van der Waals surface area contributed by atoms with Gasteiger partial charge in [-0.2, -0.15) is 0 Å². The molecule has 0 N–H and O–H groups in total. The minimum absolute atomic E-state index is 0.0504. The van der Waals surface area contributed by atoms with Gasteiger partial charge in [-0.05, 0) is 13.1 Å². The van der Waals surface area contributed by atoms with E-state index >= 15 is 0 Å². The molecule has 0 spiro atoms. The maximum absolute atomic E-state index is 7.50. The first-order valence-electron chi connectivity index (χ1n) is 6.74. The Morgan fingerprint density at radius 1 is 0.947 bits per heavy atom. The van der Waals surface area contributed by atoms with Crippen LogP contribution < -0.4 is 0 Å². The summed E-state index contributed by atoms with van der Waals surface area (Å²) < 4.78 is 12.9. The molecule has 114 valence electrons. The molecule has 6 heteroatoms. The molecule has 2 nitrogen and oxygen atoms in total. The van der Waals surface area contributed by atoms with Gasteiger partial charge < -0.3 is 4.43 Å². The Bertz CT molecular complexity index is 216. The van der Waals surface area contributed by atoms with Gasteiger partial charge in [-0.3, -0.25) is 0 Å². The molecule has 19 heavy (non-hydrogen) atoms. The van der Waals surface area contributed by atoms with Crippen molar-refractivity contribution in [2.24, 2.45) is 0 Å². The van der Waals surface area contributed by atoms with Gasteiger partial charge in [0.25, 0.3) is 0 Å². The van der Waals surface area contributed by atoms with Gasteiger partial charge in [0.1, 0.15) is 0 Å². The van der Waals surface area contributed by atoms with Crippen LogP contribution in [0.25, 0.3) is 0 Å². The van der Waals surface area contributed by atoms with Crippen molar-refractivity contribution in [1.29, 1.82) is 0 Å². The van der Waals surface area contributed by atoms with Gasteiger partial charge in [-0.1, -0.05) is 45.2 Å². The van der Waals surface area contributed by atoms with E-state index in [9.17, 15) is 0 Å². The third kappa shape index (κ3) is 24.4. The van der Waals surface area contributed by atoms with Crippen LogP contribution in [0.3, 0.4) is 0 Å². The summed E-state index contributed by atoms with van der Waals surface area (Å²) >= 11 is 2.68. The molecule has 0 saturated heterocycles. The van der Waals surface area contributed by atoms with Crippen molar-refractivity contribution in [2.75, 3.05) is 7.11 Å². The fourth-order valence-corrected chi connectivity index (χ4v) is 2.72. The van der Waals surface area contributed by atoms with E-state index in [4.69, 9.17) is 9.08 Å². The van der Waals surface area contributed by atoms with E-state index in [0.29, 0.717) is 0 Å². The van der Waals surface area contributed by atoms with Gasteiger partial charge in [0.2, 0.25) is 0 Å². The predicted octanol–water partition coefficient (Wildman–Crippen LogP) is 4.37. The van der Waals surface area contributed by atoms with E-state index in [1.165, 1.54) is 32.1 Å². The third-order valence-corrected chi connectivity index (χ3v) is 14.2. The van der Waals surface area contributed by atoms with Crippen LogP contribution in [-0.2, 0) is 26.2 Å². The summed E-state index contributed by atoms with van der Waals surface area (Å²) in [5.74, 6) is 0. The fraction of sp³-hybridized carbons (Fsp3) is 0.923. The first-order chi connectivity index (χ1) is 8.74. The molecule has 1 radical (unpaired) electrons. The summed E-state index contributed by atoms with van der Waals surface area (Å²) in [6.45, 7) is 18.2. The molecule has 0 aliphatic heterocycles. The molecule has 1 saturated carbocycles. The number of rotatable bonds is 2. The number of hydrogen-bond acceptors (Lipinski definition) is 1. The SMILES string of the molecule is C1CCCC1.CO[Si](C)(C)[Si](C)C.C[Si](C)=[Ru+].[C-]#[O+]. The first kappa shape index (κ1) is 25.0. The van der Waals surface area contributed by atoms with E-state index in [2.05, 4.69) is 63.0 Å². The maximum atomic E-state index is 7.50. The molecule has 0 atom stereocenters. The van der Waals surface area contributed by atoms with Crippen molar-refractivity contribution in [3.05, 3.63) is 6.65 Å². The van der Waals surface area contributed by atoms with Gasteiger partial charge in [-0.25, -0.2) is 0 Å². The van der Waals surface area contributed by atoms with Crippen molar-refractivity contribution in [3.8, 4) is 0 Å². The van der Waals surface area contributed by atoms with Crippen molar-refractivity contribution in [2.45, 2.75) is 71.4 Å². The molecule has 0 aromatic heterocycles. The minimum atomic E-state index is -1.15. The van der Waals surface area contributed by atoms with Gasteiger partial charge >= 0.3 is 48.1 Å². The average Bonchev–Trinajstić information content (AvgIpc) is 2.89. The first-order valence-corrected chi connectivity index (χ1v) is 18.1. The molecule has 1 aliphatic carbocycles. The Labute approximate surface area is 134 Å². The van der Waals surface area contributed by atoms with Gasteiger partial charge in [0, 0.05) is 7.11 Å². The van der Waals surface area contributed by atoms with Crippen LogP contribution in [0.15, 0.2) is 0 Å². The topological polar surface area (TPSA) is 29.1 Å². The van der Waals surface area contributed by atoms with Crippen molar-refractivity contribution in [3.63, 3.8) is 0 Å². The molecular formula is C13H31O2RuSi3+. The summed E-state index contributed by atoms with van der Waals surface area (Å²) in [4.78, 5) is 0. The molecule has 1 fully saturated rings. The van der Waals surface area contributed by atoms with Crippen molar-refractivity contribution in [1.82, 2.24) is 0 Å². The molecule has 0 amide bonds. The van der Waals surface area contributed by atoms with Crippen molar-refractivity contribution < 1.29 is 26.2 Å². The molecule has 0 unspecified atom stereocenters. The van der Waals surface area contributed by atoms with Crippen LogP contribution in [0.2, 0.25) is 39.3 Å². The Balaban J connectivity index is -0.000000200. The Kier molecular flexibility index (Phi) is 22.4. The second kappa shape index (κ2) is 17.0. The summed E-state index contributed by atoms with van der Waals surface area (Å²) in [5, 5.41) is 0. The summed E-state index contributed by atoms with van der Waals surface area (Å²) in [6.07, 6.45) is 7.50. The zero-order chi connectivity index (χ0) is 15.9. The van der Waals surface area contributed by atoms with E-state index in [0.717, 1.165) is 0 Å². The quantitative estimate of drug-likeness (QED) is 0.382. The molecule has 0 bridgehead atoms. The van der Waals surface area contributed by atoms with Crippen LogP contribution in [0.5, 0.6) is 0 Å². The standard InChI is InChI=1S/C5H15OSi2.C5H10.C2H6Si.CO.Ru/c1-6-8(4,5)7(2)3;1-2-4-5-3-1;1-3-2;1-2;/h1-5H3;1-5H2;1-2H3;;/q;;;;+1.